The molecule has 0 bridgehead atoms. The van der Waals surface area contributed by atoms with E-state index in [0.29, 0.717) is 24.6 Å². The summed E-state index contributed by atoms with van der Waals surface area (Å²) in [6.45, 7) is 3.63. The van der Waals surface area contributed by atoms with Crippen molar-refractivity contribution in [3.8, 4) is 0 Å². The maximum atomic E-state index is 12.9. The van der Waals surface area contributed by atoms with Crippen LogP contribution in [0.15, 0.2) is 49.2 Å². The van der Waals surface area contributed by atoms with Crippen molar-refractivity contribution in [2.75, 3.05) is 42.9 Å². The Morgan fingerprint density at radius 2 is 1.93 bits per heavy atom. The van der Waals surface area contributed by atoms with Crippen LogP contribution in [0.4, 0.5) is 11.8 Å². The lowest BCUT2D eigenvalue weighted by Crippen LogP contribution is -2.35. The fourth-order valence-electron chi connectivity index (χ4n) is 3.33. The van der Waals surface area contributed by atoms with Crippen LogP contribution in [0.1, 0.15) is 22.6 Å². The number of carbonyl (C=O) groups is 1. The van der Waals surface area contributed by atoms with Crippen molar-refractivity contribution in [2.24, 2.45) is 0 Å². The van der Waals surface area contributed by atoms with Gasteiger partial charge in [-0.3, -0.25) is 4.79 Å². The van der Waals surface area contributed by atoms with E-state index in [9.17, 15) is 4.79 Å². The number of anilines is 2. The van der Waals surface area contributed by atoms with E-state index >= 15 is 0 Å². The van der Waals surface area contributed by atoms with Crippen LogP contribution in [-0.2, 0) is 6.42 Å². The zero-order valence-electron chi connectivity index (χ0n) is 16.2. The summed E-state index contributed by atoms with van der Waals surface area (Å²) in [5.41, 5.74) is 0.603. The zero-order chi connectivity index (χ0) is 19.9. The molecular formula is C20H24N8O. The van der Waals surface area contributed by atoms with E-state index < -0.39 is 0 Å². The molecule has 9 heteroatoms. The lowest BCUT2D eigenvalue weighted by atomic mass is 10.2. The maximum absolute atomic E-state index is 12.9. The Labute approximate surface area is 169 Å². The lowest BCUT2D eigenvalue weighted by molar-refractivity contribution is 0.0766. The number of rotatable bonds is 6. The summed E-state index contributed by atoms with van der Waals surface area (Å²) in [4.78, 5) is 37.1. The van der Waals surface area contributed by atoms with Crippen LogP contribution in [0, 0.1) is 0 Å². The van der Waals surface area contributed by atoms with Gasteiger partial charge in [0.2, 0.25) is 5.95 Å². The maximum Gasteiger partial charge on any atom is 0.255 e. The van der Waals surface area contributed by atoms with Gasteiger partial charge in [0.15, 0.2) is 0 Å². The summed E-state index contributed by atoms with van der Waals surface area (Å²) < 4.78 is 0. The number of hydrogen-bond acceptors (Lipinski definition) is 7. The van der Waals surface area contributed by atoms with Gasteiger partial charge in [-0.05, 0) is 24.6 Å². The largest absolute Gasteiger partial charge is 0.370 e. The van der Waals surface area contributed by atoms with Crippen LogP contribution in [-0.4, -0.2) is 68.5 Å². The zero-order valence-corrected chi connectivity index (χ0v) is 16.2. The molecule has 1 aliphatic heterocycles. The van der Waals surface area contributed by atoms with Crippen molar-refractivity contribution in [1.82, 2.24) is 29.8 Å². The van der Waals surface area contributed by atoms with E-state index in [-0.39, 0.29) is 5.91 Å². The Balaban J connectivity index is 1.30. The second-order valence-corrected chi connectivity index (χ2v) is 6.83. The number of amides is 1. The van der Waals surface area contributed by atoms with Crippen molar-refractivity contribution in [2.45, 2.75) is 12.8 Å². The van der Waals surface area contributed by atoms with Gasteiger partial charge in [0.25, 0.3) is 5.91 Å². The van der Waals surface area contributed by atoms with E-state index in [2.05, 4.69) is 35.1 Å². The highest BCUT2D eigenvalue weighted by atomic mass is 16.2. The van der Waals surface area contributed by atoms with Crippen LogP contribution in [0.3, 0.4) is 0 Å². The van der Waals surface area contributed by atoms with E-state index in [1.807, 2.05) is 23.2 Å². The number of nitrogens with zero attached hydrogens (tertiary/aromatic N) is 6. The molecular weight excluding hydrogens is 368 g/mol. The standard InChI is InChI=1S/C20H24N8O/c29-19(27-11-2-12-28(14-13-27)20-24-6-1-7-25-20)16-3-4-17(26-15-16)21-8-5-18-22-9-10-23-18/h1,3-4,6-7,9-10,15H,2,5,8,11-14H2,(H,21,26)(H,22,23). The summed E-state index contributed by atoms with van der Waals surface area (Å²) in [7, 11) is 0. The first kappa shape index (κ1) is 18.9. The highest BCUT2D eigenvalue weighted by molar-refractivity contribution is 5.94. The number of hydrogen-bond donors (Lipinski definition) is 2. The van der Waals surface area contributed by atoms with Crippen molar-refractivity contribution >= 4 is 17.7 Å². The molecule has 1 saturated heterocycles. The number of pyridine rings is 1. The first-order valence-electron chi connectivity index (χ1n) is 9.79. The lowest BCUT2D eigenvalue weighted by Gasteiger charge is -2.22. The fourth-order valence-corrected chi connectivity index (χ4v) is 3.33. The Hall–Kier alpha value is -3.49. The molecule has 29 heavy (non-hydrogen) atoms. The SMILES string of the molecule is O=C(c1ccc(NCCc2ncc[nH]2)nc1)N1CCCN(c2ncccn2)CC1. The van der Waals surface area contributed by atoms with E-state index in [0.717, 1.165) is 44.1 Å². The van der Waals surface area contributed by atoms with E-state index in [4.69, 9.17) is 0 Å². The second kappa shape index (κ2) is 9.13. The molecule has 4 rings (SSSR count). The third kappa shape index (κ3) is 4.87. The molecule has 0 spiro atoms. The molecule has 3 aromatic heterocycles. The van der Waals surface area contributed by atoms with Crippen LogP contribution in [0.2, 0.25) is 0 Å². The van der Waals surface area contributed by atoms with Gasteiger partial charge in [0.05, 0.1) is 5.56 Å². The number of aromatic amines is 1. The highest BCUT2D eigenvalue weighted by Gasteiger charge is 2.21. The molecule has 0 atom stereocenters. The average Bonchev–Trinajstić information content (AvgIpc) is 3.16. The molecule has 150 valence electrons. The smallest absolute Gasteiger partial charge is 0.255 e. The van der Waals surface area contributed by atoms with Gasteiger partial charge in [0.1, 0.15) is 11.6 Å². The van der Waals surface area contributed by atoms with E-state index in [1.165, 1.54) is 0 Å². The molecule has 3 aromatic rings. The minimum atomic E-state index is 0.00969. The molecule has 1 amide bonds. The number of aromatic nitrogens is 5. The first-order chi connectivity index (χ1) is 14.3. The fraction of sp³-hybridized carbons (Fsp3) is 0.350. The van der Waals surface area contributed by atoms with Gasteiger partial charge in [-0.2, -0.15) is 0 Å². The molecule has 0 aliphatic carbocycles. The van der Waals surface area contributed by atoms with Gasteiger partial charge in [0, 0.05) is 70.1 Å². The van der Waals surface area contributed by atoms with Crippen molar-refractivity contribution < 1.29 is 4.79 Å². The minimum absolute atomic E-state index is 0.00969. The molecule has 4 heterocycles. The quantitative estimate of drug-likeness (QED) is 0.657. The predicted octanol–water partition coefficient (Wildman–Crippen LogP) is 1.60. The van der Waals surface area contributed by atoms with Gasteiger partial charge >= 0.3 is 0 Å². The molecule has 1 aliphatic rings. The number of imidazole rings is 1. The van der Waals surface area contributed by atoms with Crippen LogP contribution in [0.5, 0.6) is 0 Å². The van der Waals surface area contributed by atoms with E-state index in [1.54, 1.807) is 30.9 Å². The van der Waals surface area contributed by atoms with Crippen molar-refractivity contribution in [1.29, 1.82) is 0 Å². The van der Waals surface area contributed by atoms with Crippen LogP contribution in [0.25, 0.3) is 0 Å². The van der Waals surface area contributed by atoms with Crippen molar-refractivity contribution in [3.63, 3.8) is 0 Å². The van der Waals surface area contributed by atoms with Crippen LogP contribution < -0.4 is 10.2 Å². The minimum Gasteiger partial charge on any atom is -0.370 e. The number of H-pyrrole nitrogens is 1. The van der Waals surface area contributed by atoms with Gasteiger partial charge < -0.3 is 20.1 Å². The van der Waals surface area contributed by atoms with Crippen LogP contribution >= 0.6 is 0 Å². The van der Waals surface area contributed by atoms with Crippen molar-refractivity contribution in [3.05, 3.63) is 60.6 Å². The number of nitrogens with one attached hydrogen (secondary N) is 2. The summed E-state index contributed by atoms with van der Waals surface area (Å²) in [5, 5.41) is 3.25. The summed E-state index contributed by atoms with van der Waals surface area (Å²) in [6.07, 6.45) is 10.3. The molecule has 0 radical (unpaired) electrons. The Kier molecular flexibility index (Phi) is 5.94. The Morgan fingerprint density at radius 3 is 2.69 bits per heavy atom. The van der Waals surface area contributed by atoms with Gasteiger partial charge in [-0.25, -0.2) is 19.9 Å². The predicted molar refractivity (Wildman–Crippen MR) is 110 cm³/mol. The molecule has 1 fully saturated rings. The first-order valence-corrected chi connectivity index (χ1v) is 9.79. The molecule has 9 nitrogen and oxygen atoms in total. The summed E-state index contributed by atoms with van der Waals surface area (Å²) in [5.74, 6) is 2.40. The van der Waals surface area contributed by atoms with Gasteiger partial charge in [-0.1, -0.05) is 0 Å². The molecule has 0 unspecified atom stereocenters. The average molecular weight is 392 g/mol. The summed E-state index contributed by atoms with van der Waals surface area (Å²) in [6, 6.07) is 5.48. The topological polar surface area (TPSA) is 103 Å². The molecule has 0 saturated carbocycles. The number of carbonyl (C=O) groups excluding carboxylic acids is 1. The molecule has 2 N–H and O–H groups in total. The second-order valence-electron chi connectivity index (χ2n) is 6.83. The Bertz CT molecular complexity index is 898. The summed E-state index contributed by atoms with van der Waals surface area (Å²) >= 11 is 0. The Morgan fingerprint density at radius 1 is 1.03 bits per heavy atom. The van der Waals surface area contributed by atoms with Gasteiger partial charge in [-0.15, -0.1) is 0 Å². The highest BCUT2D eigenvalue weighted by Crippen LogP contribution is 2.13. The third-order valence-corrected chi connectivity index (χ3v) is 4.85. The normalized spacial score (nSPS) is 14.5. The molecule has 0 aromatic carbocycles. The third-order valence-electron chi connectivity index (χ3n) is 4.85. The monoisotopic (exact) mass is 392 g/mol.